The van der Waals surface area contributed by atoms with Gasteiger partial charge in [-0.25, -0.2) is 13.2 Å². The van der Waals surface area contributed by atoms with Crippen molar-refractivity contribution < 1.29 is 13.2 Å². The highest BCUT2D eigenvalue weighted by atomic mass is 19.1. The molecule has 0 aliphatic rings. The number of hydrogen-bond donors (Lipinski definition) is 1. The van der Waals surface area contributed by atoms with Gasteiger partial charge in [0, 0.05) is 17.7 Å². The first-order valence-electron chi connectivity index (χ1n) is 7.03. The number of nitrogens with one attached hydrogen (secondary N) is 1. The van der Waals surface area contributed by atoms with Crippen molar-refractivity contribution in [2.24, 2.45) is 0 Å². The van der Waals surface area contributed by atoms with E-state index in [0.29, 0.717) is 24.1 Å². The molecule has 0 aliphatic carbocycles. The molecule has 2 rings (SSSR count). The maximum atomic E-state index is 13.7. The van der Waals surface area contributed by atoms with E-state index in [1.807, 2.05) is 6.92 Å². The second kappa shape index (κ2) is 7.27. The van der Waals surface area contributed by atoms with Crippen LogP contribution in [0.3, 0.4) is 0 Å². The summed E-state index contributed by atoms with van der Waals surface area (Å²) >= 11 is 0. The average molecular weight is 293 g/mol. The molecule has 0 bridgehead atoms. The van der Waals surface area contributed by atoms with Gasteiger partial charge in [0.2, 0.25) is 0 Å². The summed E-state index contributed by atoms with van der Waals surface area (Å²) in [6, 6.07) is 10.0. The van der Waals surface area contributed by atoms with Crippen LogP contribution in [0.4, 0.5) is 13.2 Å². The van der Waals surface area contributed by atoms with Crippen LogP contribution < -0.4 is 5.32 Å². The maximum Gasteiger partial charge on any atom is 0.127 e. The van der Waals surface area contributed by atoms with Crippen molar-refractivity contribution in [2.45, 2.75) is 25.8 Å². The molecule has 112 valence electrons. The summed E-state index contributed by atoms with van der Waals surface area (Å²) in [6.45, 7) is 2.49. The number of rotatable bonds is 6. The number of hydrogen-bond acceptors (Lipinski definition) is 1. The lowest BCUT2D eigenvalue weighted by molar-refractivity contribution is 0.490. The molecule has 0 saturated heterocycles. The van der Waals surface area contributed by atoms with Crippen molar-refractivity contribution in [3.63, 3.8) is 0 Å². The highest BCUT2D eigenvalue weighted by Gasteiger charge is 2.12. The lowest BCUT2D eigenvalue weighted by Crippen LogP contribution is -2.24. The standard InChI is InChI=1S/C17H18F3N/c1-2-17(15-5-3-4-6-16(15)20)21-8-7-12-9-13(18)11-14(19)10-12/h3-6,9-11,17,21H,2,7-8H2,1H3. The van der Waals surface area contributed by atoms with Crippen LogP contribution in [0.25, 0.3) is 0 Å². The molecule has 0 heterocycles. The molecule has 0 saturated carbocycles. The van der Waals surface area contributed by atoms with E-state index in [4.69, 9.17) is 0 Å². The van der Waals surface area contributed by atoms with Crippen LogP contribution in [-0.2, 0) is 6.42 Å². The summed E-state index contributed by atoms with van der Waals surface area (Å²) in [7, 11) is 0. The summed E-state index contributed by atoms with van der Waals surface area (Å²) < 4.78 is 39.9. The van der Waals surface area contributed by atoms with Crippen LogP contribution in [0.2, 0.25) is 0 Å². The van der Waals surface area contributed by atoms with Gasteiger partial charge in [-0.3, -0.25) is 0 Å². The molecule has 2 aromatic rings. The van der Waals surface area contributed by atoms with Gasteiger partial charge >= 0.3 is 0 Å². The van der Waals surface area contributed by atoms with E-state index in [0.717, 1.165) is 12.5 Å². The van der Waals surface area contributed by atoms with Crippen molar-refractivity contribution in [2.75, 3.05) is 6.54 Å². The summed E-state index contributed by atoms with van der Waals surface area (Å²) in [4.78, 5) is 0. The second-order valence-corrected chi connectivity index (χ2v) is 4.96. The van der Waals surface area contributed by atoms with Gasteiger partial charge < -0.3 is 5.32 Å². The minimum atomic E-state index is -0.578. The van der Waals surface area contributed by atoms with Crippen LogP contribution in [0.5, 0.6) is 0 Å². The van der Waals surface area contributed by atoms with Gasteiger partial charge in [0.05, 0.1) is 0 Å². The van der Waals surface area contributed by atoms with Crippen LogP contribution in [0, 0.1) is 17.5 Å². The Morgan fingerprint density at radius 3 is 2.29 bits per heavy atom. The van der Waals surface area contributed by atoms with Gasteiger partial charge in [-0.1, -0.05) is 25.1 Å². The fourth-order valence-electron chi connectivity index (χ4n) is 2.38. The largest absolute Gasteiger partial charge is 0.310 e. The van der Waals surface area contributed by atoms with Gasteiger partial charge in [0.15, 0.2) is 0 Å². The van der Waals surface area contributed by atoms with Crippen LogP contribution in [0.1, 0.15) is 30.5 Å². The summed E-state index contributed by atoms with van der Waals surface area (Å²) in [6.07, 6.45) is 1.22. The van der Waals surface area contributed by atoms with Crippen molar-refractivity contribution in [1.82, 2.24) is 5.32 Å². The molecule has 1 unspecified atom stereocenters. The first-order valence-corrected chi connectivity index (χ1v) is 7.03. The van der Waals surface area contributed by atoms with Gasteiger partial charge in [0.25, 0.3) is 0 Å². The van der Waals surface area contributed by atoms with Crippen molar-refractivity contribution in [3.8, 4) is 0 Å². The molecule has 0 spiro atoms. The molecule has 2 aromatic carbocycles. The molecule has 0 amide bonds. The molecule has 0 aliphatic heterocycles. The third-order valence-electron chi connectivity index (χ3n) is 3.42. The minimum absolute atomic E-state index is 0.107. The molecule has 1 N–H and O–H groups in total. The van der Waals surface area contributed by atoms with Crippen molar-refractivity contribution in [3.05, 3.63) is 71.0 Å². The molecular formula is C17H18F3N. The molecular weight excluding hydrogens is 275 g/mol. The molecule has 1 nitrogen and oxygen atoms in total. The van der Waals surface area contributed by atoms with Gasteiger partial charge in [0.1, 0.15) is 17.5 Å². The third-order valence-corrected chi connectivity index (χ3v) is 3.42. The minimum Gasteiger partial charge on any atom is -0.310 e. The quantitative estimate of drug-likeness (QED) is 0.833. The SMILES string of the molecule is CCC(NCCc1cc(F)cc(F)c1)c1ccccc1F. The zero-order valence-electron chi connectivity index (χ0n) is 11.9. The van der Waals surface area contributed by atoms with Crippen LogP contribution >= 0.6 is 0 Å². The maximum absolute atomic E-state index is 13.7. The monoisotopic (exact) mass is 293 g/mol. The van der Waals surface area contributed by atoms with E-state index >= 15 is 0 Å². The topological polar surface area (TPSA) is 12.0 Å². The predicted octanol–water partition coefficient (Wildman–Crippen LogP) is 4.39. The van der Waals surface area contributed by atoms with E-state index in [1.165, 1.54) is 18.2 Å². The summed E-state index contributed by atoms with van der Waals surface area (Å²) in [5.74, 6) is -1.40. The van der Waals surface area contributed by atoms with Gasteiger partial charge in [-0.2, -0.15) is 0 Å². The Morgan fingerprint density at radius 1 is 1.00 bits per heavy atom. The van der Waals surface area contributed by atoms with E-state index in [-0.39, 0.29) is 11.9 Å². The Labute approximate surface area is 122 Å². The number of benzene rings is 2. The zero-order valence-corrected chi connectivity index (χ0v) is 11.9. The average Bonchev–Trinajstić information content (AvgIpc) is 2.44. The van der Waals surface area contributed by atoms with E-state index in [9.17, 15) is 13.2 Å². The molecule has 0 aromatic heterocycles. The summed E-state index contributed by atoms with van der Waals surface area (Å²) in [5, 5.41) is 3.23. The normalized spacial score (nSPS) is 12.4. The predicted molar refractivity (Wildman–Crippen MR) is 77.5 cm³/mol. The molecule has 0 fully saturated rings. The van der Waals surface area contributed by atoms with Crippen molar-refractivity contribution >= 4 is 0 Å². The third kappa shape index (κ3) is 4.33. The van der Waals surface area contributed by atoms with Gasteiger partial charge in [-0.15, -0.1) is 0 Å². The van der Waals surface area contributed by atoms with E-state index in [2.05, 4.69) is 5.32 Å². The fourth-order valence-corrected chi connectivity index (χ4v) is 2.38. The highest BCUT2D eigenvalue weighted by molar-refractivity contribution is 5.21. The van der Waals surface area contributed by atoms with Crippen LogP contribution in [0.15, 0.2) is 42.5 Å². The fraction of sp³-hybridized carbons (Fsp3) is 0.294. The molecule has 4 heteroatoms. The highest BCUT2D eigenvalue weighted by Crippen LogP contribution is 2.19. The summed E-state index contributed by atoms with van der Waals surface area (Å²) in [5.41, 5.74) is 1.20. The lowest BCUT2D eigenvalue weighted by Gasteiger charge is -2.18. The Hall–Kier alpha value is -1.81. The van der Waals surface area contributed by atoms with E-state index < -0.39 is 11.6 Å². The Kier molecular flexibility index (Phi) is 5.39. The second-order valence-electron chi connectivity index (χ2n) is 4.96. The Balaban J connectivity index is 1.96. The molecule has 1 atom stereocenters. The molecule has 21 heavy (non-hydrogen) atoms. The van der Waals surface area contributed by atoms with Crippen LogP contribution in [-0.4, -0.2) is 6.54 Å². The Morgan fingerprint density at radius 2 is 1.67 bits per heavy atom. The first-order chi connectivity index (χ1) is 10.1. The smallest absolute Gasteiger partial charge is 0.127 e. The van der Waals surface area contributed by atoms with Gasteiger partial charge in [-0.05, 0) is 43.1 Å². The molecule has 0 radical (unpaired) electrons. The lowest BCUT2D eigenvalue weighted by atomic mass is 10.0. The Bertz CT molecular complexity index is 578. The number of halogens is 3. The zero-order chi connectivity index (χ0) is 15.2. The van der Waals surface area contributed by atoms with Crippen molar-refractivity contribution in [1.29, 1.82) is 0 Å². The van der Waals surface area contributed by atoms with E-state index in [1.54, 1.807) is 18.2 Å². The first kappa shape index (κ1) is 15.6.